The van der Waals surface area contributed by atoms with Crippen LogP contribution in [0.2, 0.25) is 0 Å². The standard InChI is InChI=1S/C21H18N4O2/c1-14-6-9-16(10-7-14)25(2)21(26)23-15-8-11-17-19(13-15)27-20(24-17)18-5-3-4-12-22-18/h3-13H,1-2H3,(H,23,26). The van der Waals surface area contributed by atoms with Crippen molar-refractivity contribution in [2.45, 2.75) is 6.92 Å². The third-order valence-electron chi connectivity index (χ3n) is 4.25. The van der Waals surface area contributed by atoms with Gasteiger partial charge in [-0.2, -0.15) is 0 Å². The number of nitrogens with zero attached hydrogens (tertiary/aromatic N) is 3. The molecule has 4 rings (SSSR count). The Morgan fingerprint density at radius 1 is 1.07 bits per heavy atom. The van der Waals surface area contributed by atoms with E-state index < -0.39 is 0 Å². The van der Waals surface area contributed by atoms with Gasteiger partial charge in [0, 0.05) is 30.7 Å². The van der Waals surface area contributed by atoms with Gasteiger partial charge in [0.25, 0.3) is 0 Å². The van der Waals surface area contributed by atoms with Crippen LogP contribution >= 0.6 is 0 Å². The molecule has 2 heterocycles. The predicted octanol–water partition coefficient (Wildman–Crippen LogP) is 4.87. The Morgan fingerprint density at radius 3 is 2.63 bits per heavy atom. The lowest BCUT2D eigenvalue weighted by Gasteiger charge is -2.18. The number of benzene rings is 2. The number of anilines is 2. The monoisotopic (exact) mass is 358 g/mol. The van der Waals surface area contributed by atoms with Gasteiger partial charge in [0.1, 0.15) is 11.2 Å². The molecule has 134 valence electrons. The Hall–Kier alpha value is -3.67. The largest absolute Gasteiger partial charge is 0.435 e. The van der Waals surface area contributed by atoms with E-state index in [0.717, 1.165) is 11.3 Å². The fourth-order valence-corrected chi connectivity index (χ4v) is 2.69. The highest BCUT2D eigenvalue weighted by molar-refractivity contribution is 6.02. The van der Waals surface area contributed by atoms with E-state index in [4.69, 9.17) is 4.42 Å². The Kier molecular flexibility index (Phi) is 4.30. The fourth-order valence-electron chi connectivity index (χ4n) is 2.69. The van der Waals surface area contributed by atoms with Crippen molar-refractivity contribution in [3.8, 4) is 11.6 Å². The number of carbonyl (C=O) groups excluding carboxylic acids is 1. The molecular formula is C21H18N4O2. The predicted molar refractivity (Wildman–Crippen MR) is 106 cm³/mol. The minimum atomic E-state index is -0.234. The topological polar surface area (TPSA) is 71.3 Å². The third kappa shape index (κ3) is 3.50. The lowest BCUT2D eigenvalue weighted by molar-refractivity contribution is 0.258. The number of fused-ring (bicyclic) bond motifs is 1. The Balaban J connectivity index is 1.55. The zero-order valence-corrected chi connectivity index (χ0v) is 15.0. The number of rotatable bonds is 3. The molecule has 4 aromatic rings. The van der Waals surface area contributed by atoms with Gasteiger partial charge in [0.05, 0.1) is 0 Å². The van der Waals surface area contributed by atoms with Crippen molar-refractivity contribution >= 4 is 28.5 Å². The number of urea groups is 1. The molecule has 0 radical (unpaired) electrons. The number of oxazole rings is 1. The van der Waals surface area contributed by atoms with Crippen LogP contribution in [0, 0.1) is 6.92 Å². The number of amides is 2. The number of pyridine rings is 1. The van der Waals surface area contributed by atoms with Crippen molar-refractivity contribution in [2.75, 3.05) is 17.3 Å². The summed E-state index contributed by atoms with van der Waals surface area (Å²) in [4.78, 5) is 22.8. The summed E-state index contributed by atoms with van der Waals surface area (Å²) in [5.74, 6) is 0.450. The van der Waals surface area contributed by atoms with E-state index in [2.05, 4.69) is 15.3 Å². The van der Waals surface area contributed by atoms with Crippen LogP contribution in [0.25, 0.3) is 22.7 Å². The van der Waals surface area contributed by atoms with E-state index in [-0.39, 0.29) is 6.03 Å². The molecule has 1 N–H and O–H groups in total. The van der Waals surface area contributed by atoms with Gasteiger partial charge < -0.3 is 9.73 Å². The molecule has 0 bridgehead atoms. The van der Waals surface area contributed by atoms with Crippen LogP contribution in [0.5, 0.6) is 0 Å². The van der Waals surface area contributed by atoms with Gasteiger partial charge in [-0.1, -0.05) is 23.8 Å². The van der Waals surface area contributed by atoms with Gasteiger partial charge in [-0.3, -0.25) is 9.88 Å². The number of aromatic nitrogens is 2. The summed E-state index contributed by atoms with van der Waals surface area (Å²) >= 11 is 0. The van der Waals surface area contributed by atoms with Crippen molar-refractivity contribution in [1.82, 2.24) is 9.97 Å². The second kappa shape index (κ2) is 6.92. The summed E-state index contributed by atoms with van der Waals surface area (Å²) in [5, 5.41) is 2.88. The van der Waals surface area contributed by atoms with E-state index in [1.54, 1.807) is 30.3 Å². The molecular weight excluding hydrogens is 340 g/mol. The maximum atomic E-state index is 12.5. The first-order valence-electron chi connectivity index (χ1n) is 8.53. The third-order valence-corrected chi connectivity index (χ3v) is 4.25. The second-order valence-electron chi connectivity index (χ2n) is 6.24. The molecule has 0 unspecified atom stereocenters. The first-order valence-corrected chi connectivity index (χ1v) is 8.53. The average Bonchev–Trinajstić information content (AvgIpc) is 3.12. The van der Waals surface area contributed by atoms with Gasteiger partial charge in [0.2, 0.25) is 5.89 Å². The van der Waals surface area contributed by atoms with E-state index in [9.17, 15) is 4.79 Å². The van der Waals surface area contributed by atoms with Crippen LogP contribution in [0.4, 0.5) is 16.2 Å². The van der Waals surface area contributed by atoms with Crippen LogP contribution in [0.3, 0.4) is 0 Å². The maximum Gasteiger partial charge on any atom is 0.326 e. The van der Waals surface area contributed by atoms with Crippen LogP contribution in [-0.2, 0) is 0 Å². The van der Waals surface area contributed by atoms with Crippen molar-refractivity contribution < 1.29 is 9.21 Å². The minimum Gasteiger partial charge on any atom is -0.435 e. The first kappa shape index (κ1) is 16.8. The zero-order valence-electron chi connectivity index (χ0n) is 15.0. The number of carbonyl (C=O) groups is 1. The lowest BCUT2D eigenvalue weighted by atomic mass is 10.2. The van der Waals surface area contributed by atoms with Gasteiger partial charge in [0.15, 0.2) is 5.58 Å². The van der Waals surface area contributed by atoms with Gasteiger partial charge in [-0.05, 0) is 43.3 Å². The van der Waals surface area contributed by atoms with Crippen molar-refractivity contribution in [2.24, 2.45) is 0 Å². The average molecular weight is 358 g/mol. The van der Waals surface area contributed by atoms with Crippen molar-refractivity contribution in [3.63, 3.8) is 0 Å². The highest BCUT2D eigenvalue weighted by atomic mass is 16.3. The van der Waals surface area contributed by atoms with E-state index in [1.165, 1.54) is 0 Å². The lowest BCUT2D eigenvalue weighted by Crippen LogP contribution is -2.31. The SMILES string of the molecule is Cc1ccc(N(C)C(=O)Nc2ccc3nc(-c4ccccn4)oc3c2)cc1. The number of nitrogens with one attached hydrogen (secondary N) is 1. The summed E-state index contributed by atoms with van der Waals surface area (Å²) in [6.07, 6.45) is 1.69. The number of hydrogen-bond donors (Lipinski definition) is 1. The quantitative estimate of drug-likeness (QED) is 0.567. The Morgan fingerprint density at radius 2 is 1.89 bits per heavy atom. The molecule has 0 saturated heterocycles. The Bertz CT molecular complexity index is 1090. The molecule has 0 fully saturated rings. The summed E-state index contributed by atoms with van der Waals surface area (Å²) < 4.78 is 5.80. The molecule has 2 aromatic heterocycles. The summed E-state index contributed by atoms with van der Waals surface area (Å²) in [7, 11) is 1.73. The molecule has 0 spiro atoms. The second-order valence-corrected chi connectivity index (χ2v) is 6.24. The summed E-state index contributed by atoms with van der Waals surface area (Å²) in [5.41, 5.74) is 4.56. The van der Waals surface area contributed by atoms with E-state index >= 15 is 0 Å². The van der Waals surface area contributed by atoms with Crippen molar-refractivity contribution in [1.29, 1.82) is 0 Å². The first-order chi connectivity index (χ1) is 13.1. The van der Waals surface area contributed by atoms with Gasteiger partial charge in [-0.25, -0.2) is 9.78 Å². The van der Waals surface area contributed by atoms with Crippen LogP contribution < -0.4 is 10.2 Å². The van der Waals surface area contributed by atoms with Gasteiger partial charge >= 0.3 is 6.03 Å². The molecule has 0 saturated carbocycles. The van der Waals surface area contributed by atoms with Crippen LogP contribution in [-0.4, -0.2) is 23.0 Å². The molecule has 0 atom stereocenters. The molecule has 27 heavy (non-hydrogen) atoms. The van der Waals surface area contributed by atoms with Crippen molar-refractivity contribution in [3.05, 3.63) is 72.4 Å². The maximum absolute atomic E-state index is 12.5. The van der Waals surface area contributed by atoms with E-state index in [0.29, 0.717) is 28.4 Å². The minimum absolute atomic E-state index is 0.234. The smallest absolute Gasteiger partial charge is 0.326 e. The zero-order chi connectivity index (χ0) is 18.8. The summed E-state index contributed by atoms with van der Waals surface area (Å²) in [6.45, 7) is 2.01. The molecule has 0 aliphatic rings. The van der Waals surface area contributed by atoms with E-state index in [1.807, 2.05) is 55.5 Å². The highest BCUT2D eigenvalue weighted by Crippen LogP contribution is 2.25. The van der Waals surface area contributed by atoms with Gasteiger partial charge in [-0.15, -0.1) is 0 Å². The molecule has 0 aliphatic heterocycles. The molecule has 2 aromatic carbocycles. The summed E-state index contributed by atoms with van der Waals surface area (Å²) in [6, 6.07) is 18.5. The molecule has 6 heteroatoms. The van der Waals surface area contributed by atoms with Crippen LogP contribution in [0.15, 0.2) is 71.3 Å². The fraction of sp³-hybridized carbons (Fsp3) is 0.0952. The molecule has 6 nitrogen and oxygen atoms in total. The molecule has 2 amide bonds. The Labute approximate surface area is 156 Å². The highest BCUT2D eigenvalue weighted by Gasteiger charge is 2.13. The number of aryl methyl sites for hydroxylation is 1. The molecule has 0 aliphatic carbocycles. The van der Waals surface area contributed by atoms with Crippen LogP contribution in [0.1, 0.15) is 5.56 Å². The normalized spacial score (nSPS) is 10.7. The number of hydrogen-bond acceptors (Lipinski definition) is 4.